The van der Waals surface area contributed by atoms with Crippen molar-refractivity contribution in [2.75, 3.05) is 6.61 Å². The van der Waals surface area contributed by atoms with Gasteiger partial charge in [0, 0.05) is 5.92 Å². The molecule has 2 fully saturated rings. The molecule has 0 spiro atoms. The number of aliphatic hydroxyl groups excluding tert-OH is 3. The zero-order chi connectivity index (χ0) is 23.6. The molecule has 10 nitrogen and oxygen atoms in total. The summed E-state index contributed by atoms with van der Waals surface area (Å²) in [5, 5.41) is 83.2. The predicted octanol–water partition coefficient (Wildman–Crippen LogP) is -1.12. The molecule has 10 heteroatoms. The smallest absolute Gasteiger partial charge is 0.335 e. The van der Waals surface area contributed by atoms with E-state index in [1.807, 2.05) is 0 Å². The van der Waals surface area contributed by atoms with Crippen molar-refractivity contribution in [1.29, 1.82) is 0 Å². The molecule has 2 saturated carbocycles. The summed E-state index contributed by atoms with van der Waals surface area (Å²) in [4.78, 5) is 22.2. The third-order valence-electron chi connectivity index (χ3n) is 7.01. The van der Waals surface area contributed by atoms with Gasteiger partial charge in [0.25, 0.3) is 0 Å². The summed E-state index contributed by atoms with van der Waals surface area (Å²) in [6.45, 7) is -0.973. The van der Waals surface area contributed by atoms with Gasteiger partial charge in [-0.1, -0.05) is 24.3 Å². The third kappa shape index (κ3) is 2.44. The minimum Gasteiger partial charge on any atom is -0.478 e. The van der Waals surface area contributed by atoms with Crippen molar-refractivity contribution in [3.63, 3.8) is 0 Å². The van der Waals surface area contributed by atoms with Crippen molar-refractivity contribution in [2.24, 2.45) is 0 Å². The van der Waals surface area contributed by atoms with Crippen LogP contribution in [0.5, 0.6) is 0 Å². The Labute approximate surface area is 181 Å². The van der Waals surface area contributed by atoms with Gasteiger partial charge in [0.05, 0.1) is 29.8 Å². The molecular weight excluding hydrogens is 424 g/mol. The normalized spacial score (nSPS) is 36.4. The second kappa shape index (κ2) is 7.07. The second-order valence-electron chi connectivity index (χ2n) is 8.33. The van der Waals surface area contributed by atoms with E-state index in [9.17, 15) is 40.2 Å². The van der Waals surface area contributed by atoms with Crippen LogP contribution in [0.15, 0.2) is 48.5 Å². The van der Waals surface area contributed by atoms with Crippen LogP contribution in [0.2, 0.25) is 0 Å². The van der Waals surface area contributed by atoms with Gasteiger partial charge < -0.3 is 40.9 Å². The highest BCUT2D eigenvalue weighted by Crippen LogP contribution is 2.75. The maximum Gasteiger partial charge on any atom is 0.335 e. The Bertz CT molecular complexity index is 1070. The lowest BCUT2D eigenvalue weighted by Crippen LogP contribution is -2.99. The van der Waals surface area contributed by atoms with Crippen LogP contribution in [-0.2, 0) is 0 Å². The van der Waals surface area contributed by atoms with Crippen LogP contribution in [0.3, 0.4) is 0 Å². The zero-order valence-electron chi connectivity index (χ0n) is 16.5. The highest BCUT2D eigenvalue weighted by atomic mass is 16.5. The fourth-order valence-electron chi connectivity index (χ4n) is 5.47. The van der Waals surface area contributed by atoms with Crippen LogP contribution in [0.1, 0.15) is 43.7 Å². The lowest BCUT2D eigenvalue weighted by Gasteiger charge is -2.80. The monoisotopic (exact) mass is 446 g/mol. The van der Waals surface area contributed by atoms with E-state index in [0.717, 1.165) is 0 Å². The van der Waals surface area contributed by atoms with Crippen LogP contribution < -0.4 is 0 Å². The first kappa shape index (κ1) is 22.3. The predicted molar refractivity (Wildman–Crippen MR) is 106 cm³/mol. The van der Waals surface area contributed by atoms with E-state index >= 15 is 0 Å². The van der Waals surface area contributed by atoms with E-state index in [1.165, 1.54) is 48.5 Å². The summed E-state index contributed by atoms with van der Waals surface area (Å²) in [5.41, 5.74) is -7.14. The lowest BCUT2D eigenvalue weighted by atomic mass is 9.30. The lowest BCUT2D eigenvalue weighted by molar-refractivity contribution is -0.459. The molecule has 2 aliphatic rings. The SMILES string of the molecule is O=C(O)c1ccc(C2C(O)[C@@]3(O)C(c4ccc(C(=O)O)cc4)[C@@](O)([C@H](O)CO)[C@@]23O)cc1. The average Bonchev–Trinajstić information content (AvgIpc) is 2.78. The molecule has 32 heavy (non-hydrogen) atoms. The van der Waals surface area contributed by atoms with Crippen LogP contribution in [0.25, 0.3) is 0 Å². The number of fused-ring (bicyclic) bond motifs is 1. The molecule has 3 unspecified atom stereocenters. The number of aromatic carboxylic acids is 2. The minimum atomic E-state index is -2.52. The molecule has 2 aliphatic carbocycles. The van der Waals surface area contributed by atoms with E-state index < -0.39 is 59.4 Å². The van der Waals surface area contributed by atoms with Gasteiger partial charge in [0.1, 0.15) is 22.9 Å². The number of hydrogen-bond donors (Lipinski definition) is 8. The molecule has 2 aromatic carbocycles. The highest BCUT2D eigenvalue weighted by molar-refractivity contribution is 5.88. The number of aliphatic hydroxyl groups is 6. The van der Waals surface area contributed by atoms with Crippen molar-refractivity contribution >= 4 is 11.9 Å². The number of carbonyl (C=O) groups is 2. The molecule has 170 valence electrons. The summed E-state index contributed by atoms with van der Waals surface area (Å²) in [6, 6.07) is 10.1. The summed E-state index contributed by atoms with van der Waals surface area (Å²) in [7, 11) is 0. The van der Waals surface area contributed by atoms with Crippen molar-refractivity contribution in [1.82, 2.24) is 0 Å². The van der Waals surface area contributed by atoms with Crippen LogP contribution in [0, 0.1) is 0 Å². The molecule has 2 aromatic rings. The molecule has 0 amide bonds. The van der Waals surface area contributed by atoms with E-state index in [1.54, 1.807) is 0 Å². The van der Waals surface area contributed by atoms with Gasteiger partial charge in [-0.15, -0.1) is 0 Å². The van der Waals surface area contributed by atoms with Crippen LogP contribution >= 0.6 is 0 Å². The molecule has 4 rings (SSSR count). The van der Waals surface area contributed by atoms with Crippen molar-refractivity contribution in [3.8, 4) is 0 Å². The maximum absolute atomic E-state index is 11.4. The Morgan fingerprint density at radius 3 is 1.69 bits per heavy atom. The van der Waals surface area contributed by atoms with Crippen LogP contribution in [0.4, 0.5) is 0 Å². The van der Waals surface area contributed by atoms with Crippen LogP contribution in [-0.4, -0.2) is 88.4 Å². The van der Waals surface area contributed by atoms with Crippen molar-refractivity contribution in [2.45, 2.75) is 40.8 Å². The molecular formula is C22H22O10. The molecule has 0 radical (unpaired) electrons. The first-order valence-electron chi connectivity index (χ1n) is 9.76. The van der Waals surface area contributed by atoms with Gasteiger partial charge in [-0.25, -0.2) is 9.59 Å². The second-order valence-corrected chi connectivity index (χ2v) is 8.33. The molecule has 8 N–H and O–H groups in total. The summed E-state index contributed by atoms with van der Waals surface area (Å²) >= 11 is 0. The largest absolute Gasteiger partial charge is 0.478 e. The molecule has 0 aliphatic heterocycles. The first-order chi connectivity index (χ1) is 15.0. The number of hydrogen-bond acceptors (Lipinski definition) is 8. The van der Waals surface area contributed by atoms with Crippen molar-refractivity contribution < 1.29 is 50.4 Å². The van der Waals surface area contributed by atoms with Gasteiger partial charge in [0.2, 0.25) is 0 Å². The Kier molecular flexibility index (Phi) is 4.94. The van der Waals surface area contributed by atoms with Gasteiger partial charge in [-0.3, -0.25) is 0 Å². The minimum absolute atomic E-state index is 0.0551. The Morgan fingerprint density at radius 1 is 0.844 bits per heavy atom. The maximum atomic E-state index is 11.4. The Hall–Kier alpha value is -2.86. The zero-order valence-corrected chi connectivity index (χ0v) is 16.5. The number of benzene rings is 2. The molecule has 0 saturated heterocycles. The van der Waals surface area contributed by atoms with Gasteiger partial charge in [-0.05, 0) is 35.4 Å². The van der Waals surface area contributed by atoms with E-state index in [2.05, 4.69) is 0 Å². The first-order valence-corrected chi connectivity index (χ1v) is 9.76. The third-order valence-corrected chi connectivity index (χ3v) is 7.01. The summed E-state index contributed by atoms with van der Waals surface area (Å²) < 4.78 is 0. The van der Waals surface area contributed by atoms with Gasteiger partial charge in [-0.2, -0.15) is 0 Å². The highest BCUT2D eigenvalue weighted by Gasteiger charge is 2.93. The molecule has 0 aromatic heterocycles. The summed E-state index contributed by atoms with van der Waals surface area (Å²) in [5.74, 6) is -5.17. The quantitative estimate of drug-likeness (QED) is 0.269. The van der Waals surface area contributed by atoms with Crippen molar-refractivity contribution in [3.05, 3.63) is 70.8 Å². The molecule has 0 bridgehead atoms. The summed E-state index contributed by atoms with van der Waals surface area (Å²) in [6.07, 6.45) is -3.55. The molecule has 0 heterocycles. The van der Waals surface area contributed by atoms with E-state index in [4.69, 9.17) is 10.2 Å². The van der Waals surface area contributed by atoms with E-state index in [-0.39, 0.29) is 22.3 Å². The number of rotatable bonds is 6. The number of carboxylic acids is 2. The topological polar surface area (TPSA) is 196 Å². The Morgan fingerprint density at radius 2 is 1.28 bits per heavy atom. The fraction of sp³-hybridized carbons (Fsp3) is 0.364. The number of carboxylic acid groups (broad SMARTS) is 2. The van der Waals surface area contributed by atoms with Gasteiger partial charge >= 0.3 is 11.9 Å². The average molecular weight is 446 g/mol. The Balaban J connectivity index is 1.80. The van der Waals surface area contributed by atoms with E-state index in [0.29, 0.717) is 0 Å². The van der Waals surface area contributed by atoms with Gasteiger partial charge in [0.15, 0.2) is 0 Å². The standard InChI is InChI=1S/C22H22O10/c23-9-14(24)20(30)16(11-3-7-13(8-4-11)19(28)29)21(31)17(25)15(22(20,21)32)10-1-5-12(6-2-10)18(26)27/h1-8,14-17,23-25,30-32H,9H2,(H,26,27)(H,28,29)/t14-,15?,16?,17?,20+,21+,22+/m1/s1. The molecule has 7 atom stereocenters. The fourth-order valence-corrected chi connectivity index (χ4v) is 5.47.